The second kappa shape index (κ2) is 6.48. The zero-order chi connectivity index (χ0) is 15.5. The molecule has 0 unspecified atom stereocenters. The van der Waals surface area contributed by atoms with Crippen LogP contribution in [-0.2, 0) is 23.1 Å². The third-order valence-electron chi connectivity index (χ3n) is 2.84. The van der Waals surface area contributed by atoms with E-state index in [4.69, 9.17) is 26.5 Å². The standard InChI is InChI=1S/C13H15ClN2O4S/c1-19-12-4-2-3-11(14)10(12)8-16-21(17,18)13-6-5-9(7-15)20-13/h2-6,16H,7-8,15H2,1H3. The molecule has 0 saturated heterocycles. The van der Waals surface area contributed by atoms with Gasteiger partial charge in [0.05, 0.1) is 13.7 Å². The van der Waals surface area contributed by atoms with Gasteiger partial charge in [-0.05, 0) is 24.3 Å². The molecule has 0 spiro atoms. The number of ether oxygens (including phenoxy) is 1. The third-order valence-corrected chi connectivity index (χ3v) is 4.47. The highest BCUT2D eigenvalue weighted by atomic mass is 35.5. The molecule has 1 heterocycles. The largest absolute Gasteiger partial charge is 0.496 e. The molecule has 1 aromatic heterocycles. The summed E-state index contributed by atoms with van der Waals surface area (Å²) in [7, 11) is -2.29. The van der Waals surface area contributed by atoms with Gasteiger partial charge < -0.3 is 14.9 Å². The molecule has 8 heteroatoms. The molecule has 2 rings (SSSR count). The molecule has 0 aliphatic heterocycles. The molecule has 1 aromatic carbocycles. The minimum absolute atomic E-state index is 0.0101. The Morgan fingerprint density at radius 1 is 1.33 bits per heavy atom. The molecule has 21 heavy (non-hydrogen) atoms. The van der Waals surface area contributed by atoms with Gasteiger partial charge in [-0.1, -0.05) is 17.7 Å². The number of halogens is 1. The van der Waals surface area contributed by atoms with Crippen LogP contribution < -0.4 is 15.2 Å². The van der Waals surface area contributed by atoms with Gasteiger partial charge in [-0.15, -0.1) is 0 Å². The second-order valence-electron chi connectivity index (χ2n) is 4.17. The van der Waals surface area contributed by atoms with Gasteiger partial charge in [-0.25, -0.2) is 13.1 Å². The van der Waals surface area contributed by atoms with Crippen LogP contribution in [0, 0.1) is 0 Å². The van der Waals surface area contributed by atoms with E-state index in [1.165, 1.54) is 19.2 Å². The van der Waals surface area contributed by atoms with E-state index >= 15 is 0 Å². The fraction of sp³-hybridized carbons (Fsp3) is 0.231. The Morgan fingerprint density at radius 3 is 2.71 bits per heavy atom. The summed E-state index contributed by atoms with van der Waals surface area (Å²) < 4.78 is 36.9. The molecule has 2 aromatic rings. The van der Waals surface area contributed by atoms with Crippen LogP contribution in [0.4, 0.5) is 0 Å². The SMILES string of the molecule is COc1cccc(Cl)c1CNS(=O)(=O)c1ccc(CN)o1. The van der Waals surface area contributed by atoms with E-state index in [-0.39, 0.29) is 18.2 Å². The van der Waals surface area contributed by atoms with Crippen molar-refractivity contribution in [1.29, 1.82) is 0 Å². The Kier molecular flexibility index (Phi) is 4.89. The summed E-state index contributed by atoms with van der Waals surface area (Å²) >= 11 is 6.05. The van der Waals surface area contributed by atoms with E-state index in [9.17, 15) is 8.42 Å². The number of hydrogen-bond acceptors (Lipinski definition) is 5. The van der Waals surface area contributed by atoms with Crippen LogP contribution in [0.3, 0.4) is 0 Å². The van der Waals surface area contributed by atoms with Crippen molar-refractivity contribution >= 4 is 21.6 Å². The highest BCUT2D eigenvalue weighted by Gasteiger charge is 2.19. The number of sulfonamides is 1. The van der Waals surface area contributed by atoms with Crippen molar-refractivity contribution in [3.05, 3.63) is 46.7 Å². The average Bonchev–Trinajstić information content (AvgIpc) is 2.95. The first-order valence-electron chi connectivity index (χ1n) is 6.07. The fourth-order valence-corrected chi connectivity index (χ4v) is 2.93. The van der Waals surface area contributed by atoms with Gasteiger partial charge in [0, 0.05) is 17.1 Å². The van der Waals surface area contributed by atoms with Crippen molar-refractivity contribution < 1.29 is 17.6 Å². The predicted octanol–water partition coefficient (Wildman–Crippen LogP) is 1.88. The van der Waals surface area contributed by atoms with Crippen LogP contribution >= 0.6 is 11.6 Å². The maximum atomic E-state index is 12.1. The van der Waals surface area contributed by atoms with Crippen LogP contribution in [0.2, 0.25) is 5.02 Å². The van der Waals surface area contributed by atoms with Gasteiger partial charge in [-0.3, -0.25) is 0 Å². The molecule has 0 amide bonds. The molecule has 6 nitrogen and oxygen atoms in total. The van der Waals surface area contributed by atoms with E-state index in [0.29, 0.717) is 22.1 Å². The summed E-state index contributed by atoms with van der Waals surface area (Å²) in [6.45, 7) is 0.123. The van der Waals surface area contributed by atoms with Crippen molar-refractivity contribution in [2.24, 2.45) is 5.73 Å². The smallest absolute Gasteiger partial charge is 0.274 e. The van der Waals surface area contributed by atoms with Gasteiger partial charge in [0.2, 0.25) is 5.09 Å². The zero-order valence-electron chi connectivity index (χ0n) is 11.3. The molecule has 114 valence electrons. The second-order valence-corrected chi connectivity index (χ2v) is 6.28. The molecule has 0 fully saturated rings. The zero-order valence-corrected chi connectivity index (χ0v) is 12.9. The molecule has 0 radical (unpaired) electrons. The topological polar surface area (TPSA) is 94.6 Å². The van der Waals surface area contributed by atoms with Gasteiger partial charge in [0.25, 0.3) is 10.0 Å². The Bertz CT molecular complexity index is 728. The molecule has 0 aliphatic carbocycles. The Hall–Kier alpha value is -1.54. The summed E-state index contributed by atoms with van der Waals surface area (Å²) in [5, 5.41) is 0.230. The molecule has 0 bridgehead atoms. The Balaban J connectivity index is 2.19. The van der Waals surface area contributed by atoms with Crippen LogP contribution in [-0.4, -0.2) is 15.5 Å². The van der Waals surface area contributed by atoms with Gasteiger partial charge in [-0.2, -0.15) is 0 Å². The quantitative estimate of drug-likeness (QED) is 0.843. The number of furan rings is 1. The van der Waals surface area contributed by atoms with Gasteiger partial charge in [0.15, 0.2) is 0 Å². The van der Waals surface area contributed by atoms with Crippen molar-refractivity contribution in [1.82, 2.24) is 4.72 Å². The van der Waals surface area contributed by atoms with E-state index in [2.05, 4.69) is 4.72 Å². The average molecular weight is 331 g/mol. The van der Waals surface area contributed by atoms with E-state index < -0.39 is 10.0 Å². The highest BCUT2D eigenvalue weighted by molar-refractivity contribution is 7.89. The maximum Gasteiger partial charge on any atom is 0.274 e. The lowest BCUT2D eigenvalue weighted by Gasteiger charge is -2.10. The van der Waals surface area contributed by atoms with Gasteiger partial charge >= 0.3 is 0 Å². The van der Waals surface area contributed by atoms with Crippen LogP contribution in [0.1, 0.15) is 11.3 Å². The van der Waals surface area contributed by atoms with Crippen LogP contribution in [0.5, 0.6) is 5.75 Å². The summed E-state index contributed by atoms with van der Waals surface area (Å²) in [5.41, 5.74) is 5.94. The minimum Gasteiger partial charge on any atom is -0.496 e. The van der Waals surface area contributed by atoms with Crippen LogP contribution in [0.15, 0.2) is 39.8 Å². The number of hydrogen-bond donors (Lipinski definition) is 2. The summed E-state index contributed by atoms with van der Waals surface area (Å²) in [4.78, 5) is 0. The number of nitrogens with one attached hydrogen (secondary N) is 1. The minimum atomic E-state index is -3.78. The van der Waals surface area contributed by atoms with E-state index in [1.807, 2.05) is 0 Å². The fourth-order valence-electron chi connectivity index (χ4n) is 1.75. The lowest BCUT2D eigenvalue weighted by atomic mass is 10.2. The lowest BCUT2D eigenvalue weighted by Crippen LogP contribution is -2.23. The van der Waals surface area contributed by atoms with Crippen molar-refractivity contribution in [2.45, 2.75) is 18.2 Å². The molecule has 0 saturated carbocycles. The molecule has 0 atom stereocenters. The first kappa shape index (κ1) is 15.8. The molecule has 0 aliphatic rings. The van der Waals surface area contributed by atoms with Crippen molar-refractivity contribution in [3.63, 3.8) is 0 Å². The lowest BCUT2D eigenvalue weighted by molar-refractivity contribution is 0.406. The van der Waals surface area contributed by atoms with Gasteiger partial charge in [0.1, 0.15) is 11.5 Å². The summed E-state index contributed by atoms with van der Waals surface area (Å²) in [6.07, 6.45) is 0. The molecule has 3 N–H and O–H groups in total. The van der Waals surface area contributed by atoms with Crippen LogP contribution in [0.25, 0.3) is 0 Å². The maximum absolute atomic E-state index is 12.1. The van der Waals surface area contributed by atoms with Crippen molar-refractivity contribution in [2.75, 3.05) is 7.11 Å². The first-order chi connectivity index (χ1) is 9.97. The number of rotatable bonds is 6. The normalized spacial score (nSPS) is 11.6. The Labute approximate surface area is 127 Å². The summed E-state index contributed by atoms with van der Waals surface area (Å²) in [5.74, 6) is 0.901. The highest BCUT2D eigenvalue weighted by Crippen LogP contribution is 2.26. The number of benzene rings is 1. The predicted molar refractivity (Wildman–Crippen MR) is 78.6 cm³/mol. The first-order valence-corrected chi connectivity index (χ1v) is 7.94. The summed E-state index contributed by atoms with van der Waals surface area (Å²) in [6, 6.07) is 7.96. The van der Waals surface area contributed by atoms with E-state index in [0.717, 1.165) is 0 Å². The number of nitrogens with two attached hydrogens (primary N) is 1. The van der Waals surface area contributed by atoms with Crippen molar-refractivity contribution in [3.8, 4) is 5.75 Å². The number of methoxy groups -OCH3 is 1. The van der Waals surface area contributed by atoms with E-state index in [1.54, 1.807) is 18.2 Å². The Morgan fingerprint density at radius 2 is 2.10 bits per heavy atom. The molecular weight excluding hydrogens is 316 g/mol. The molecular formula is C13H15ClN2O4S. The monoisotopic (exact) mass is 330 g/mol. The third kappa shape index (κ3) is 3.56.